The second kappa shape index (κ2) is 5.62. The Morgan fingerprint density at radius 1 is 1.22 bits per heavy atom. The van der Waals surface area contributed by atoms with Crippen LogP contribution >= 0.6 is 0 Å². The molecule has 1 aliphatic rings. The first kappa shape index (κ1) is 14.1. The summed E-state index contributed by atoms with van der Waals surface area (Å²) in [5, 5.41) is 8.09. The van der Waals surface area contributed by atoms with E-state index in [4.69, 9.17) is 5.73 Å². The maximum absolute atomic E-state index is 6.02. The zero-order valence-corrected chi connectivity index (χ0v) is 13.2. The molecule has 1 unspecified atom stereocenters. The summed E-state index contributed by atoms with van der Waals surface area (Å²) >= 11 is 0. The zero-order valence-electron chi connectivity index (χ0n) is 13.2. The van der Waals surface area contributed by atoms with Crippen LogP contribution in [-0.4, -0.2) is 38.2 Å². The number of nitrogens with zero attached hydrogens (tertiary/aromatic N) is 4. The molecule has 3 aromatic rings. The Labute approximate surface area is 134 Å². The van der Waals surface area contributed by atoms with Gasteiger partial charge in [-0.3, -0.25) is 10.00 Å². The standard InChI is InChI=1S/C17H20N6/c1-11(23-7-2-3-8-23)12-5-4-6-13(9-12)15-14-16(18)19-10-20-17(14)22-21-15/h4-6,9-11H,2-3,7-8H2,1H3,(H3,18,19,20,21,22). The van der Waals surface area contributed by atoms with Gasteiger partial charge in [-0.05, 0) is 44.5 Å². The van der Waals surface area contributed by atoms with Crippen LogP contribution in [0.25, 0.3) is 22.3 Å². The number of rotatable bonds is 3. The fraction of sp³-hybridized carbons (Fsp3) is 0.353. The van der Waals surface area contributed by atoms with Gasteiger partial charge in [-0.1, -0.05) is 18.2 Å². The van der Waals surface area contributed by atoms with Crippen LogP contribution in [0, 0.1) is 0 Å². The molecule has 23 heavy (non-hydrogen) atoms. The van der Waals surface area contributed by atoms with Crippen LogP contribution in [0.3, 0.4) is 0 Å². The summed E-state index contributed by atoms with van der Waals surface area (Å²) in [5.74, 6) is 0.455. The summed E-state index contributed by atoms with van der Waals surface area (Å²) < 4.78 is 0. The van der Waals surface area contributed by atoms with Crippen molar-refractivity contribution in [1.29, 1.82) is 0 Å². The molecule has 3 N–H and O–H groups in total. The topological polar surface area (TPSA) is 83.7 Å². The number of likely N-dealkylation sites (tertiary alicyclic amines) is 1. The van der Waals surface area contributed by atoms with E-state index in [1.807, 2.05) is 0 Å². The summed E-state index contributed by atoms with van der Waals surface area (Å²) in [6, 6.07) is 8.97. The summed E-state index contributed by atoms with van der Waals surface area (Å²) in [6.45, 7) is 4.63. The van der Waals surface area contributed by atoms with E-state index < -0.39 is 0 Å². The zero-order chi connectivity index (χ0) is 15.8. The molecule has 1 fully saturated rings. The van der Waals surface area contributed by atoms with Crippen LogP contribution in [0.15, 0.2) is 30.6 Å². The first-order valence-electron chi connectivity index (χ1n) is 8.03. The number of H-pyrrole nitrogens is 1. The van der Waals surface area contributed by atoms with Crippen molar-refractivity contribution in [1.82, 2.24) is 25.1 Å². The molecule has 1 saturated heterocycles. The van der Waals surface area contributed by atoms with Crippen molar-refractivity contribution < 1.29 is 0 Å². The number of hydrogen-bond donors (Lipinski definition) is 2. The van der Waals surface area contributed by atoms with E-state index in [2.05, 4.69) is 56.3 Å². The Bertz CT molecular complexity index is 834. The van der Waals surface area contributed by atoms with Crippen LogP contribution in [0.5, 0.6) is 0 Å². The molecule has 118 valence electrons. The number of nitrogen functional groups attached to an aromatic ring is 1. The van der Waals surface area contributed by atoms with Gasteiger partial charge in [-0.15, -0.1) is 0 Å². The van der Waals surface area contributed by atoms with E-state index in [0.29, 0.717) is 17.5 Å². The third-order valence-corrected chi connectivity index (χ3v) is 4.73. The molecule has 0 radical (unpaired) electrons. The summed E-state index contributed by atoms with van der Waals surface area (Å²) in [6.07, 6.45) is 4.03. The van der Waals surface area contributed by atoms with Gasteiger partial charge < -0.3 is 5.73 Å². The van der Waals surface area contributed by atoms with Crippen LogP contribution in [-0.2, 0) is 0 Å². The van der Waals surface area contributed by atoms with Crippen molar-refractivity contribution in [2.75, 3.05) is 18.8 Å². The molecule has 0 bridgehead atoms. The first-order valence-corrected chi connectivity index (χ1v) is 8.03. The highest BCUT2D eigenvalue weighted by molar-refractivity contribution is 5.97. The Balaban J connectivity index is 1.75. The summed E-state index contributed by atoms with van der Waals surface area (Å²) in [5.41, 5.74) is 9.88. The molecule has 0 spiro atoms. The highest BCUT2D eigenvalue weighted by Crippen LogP contribution is 2.31. The number of aromatic nitrogens is 4. The molecule has 4 rings (SSSR count). The van der Waals surface area contributed by atoms with Crippen molar-refractivity contribution >= 4 is 16.9 Å². The van der Waals surface area contributed by atoms with Crippen molar-refractivity contribution in [3.8, 4) is 11.3 Å². The number of anilines is 1. The van der Waals surface area contributed by atoms with E-state index >= 15 is 0 Å². The molecule has 1 aliphatic heterocycles. The van der Waals surface area contributed by atoms with Gasteiger partial charge >= 0.3 is 0 Å². The van der Waals surface area contributed by atoms with Gasteiger partial charge in [-0.25, -0.2) is 9.97 Å². The van der Waals surface area contributed by atoms with Crippen molar-refractivity contribution in [3.05, 3.63) is 36.2 Å². The molecule has 0 saturated carbocycles. The number of nitrogens with one attached hydrogen (secondary N) is 1. The van der Waals surface area contributed by atoms with Crippen LogP contribution < -0.4 is 5.73 Å². The van der Waals surface area contributed by atoms with Crippen LogP contribution in [0.4, 0.5) is 5.82 Å². The smallest absolute Gasteiger partial charge is 0.186 e. The number of nitrogens with two attached hydrogens (primary N) is 1. The maximum Gasteiger partial charge on any atom is 0.186 e. The molecule has 3 heterocycles. The molecule has 6 heteroatoms. The van der Waals surface area contributed by atoms with Gasteiger partial charge in [0.1, 0.15) is 12.1 Å². The van der Waals surface area contributed by atoms with E-state index in [9.17, 15) is 0 Å². The van der Waals surface area contributed by atoms with E-state index in [-0.39, 0.29) is 0 Å². The molecule has 6 nitrogen and oxygen atoms in total. The minimum Gasteiger partial charge on any atom is -0.383 e. The third-order valence-electron chi connectivity index (χ3n) is 4.73. The summed E-state index contributed by atoms with van der Waals surface area (Å²) in [7, 11) is 0. The van der Waals surface area contributed by atoms with Crippen LogP contribution in [0.2, 0.25) is 0 Å². The fourth-order valence-electron chi connectivity index (χ4n) is 3.38. The van der Waals surface area contributed by atoms with Gasteiger partial charge in [0, 0.05) is 11.6 Å². The maximum atomic E-state index is 6.02. The average molecular weight is 308 g/mol. The fourth-order valence-corrected chi connectivity index (χ4v) is 3.38. The van der Waals surface area contributed by atoms with E-state index in [1.165, 1.54) is 37.8 Å². The third kappa shape index (κ3) is 2.45. The Kier molecular flexibility index (Phi) is 3.46. The lowest BCUT2D eigenvalue weighted by molar-refractivity contribution is 0.263. The highest BCUT2D eigenvalue weighted by Gasteiger charge is 2.20. The van der Waals surface area contributed by atoms with Crippen molar-refractivity contribution in [2.45, 2.75) is 25.8 Å². The largest absolute Gasteiger partial charge is 0.383 e. The van der Waals surface area contributed by atoms with Gasteiger partial charge in [0.2, 0.25) is 0 Å². The van der Waals surface area contributed by atoms with Gasteiger partial charge in [0.05, 0.1) is 11.1 Å². The minimum atomic E-state index is 0.417. The average Bonchev–Trinajstić information content (AvgIpc) is 3.24. The second-order valence-electron chi connectivity index (χ2n) is 6.10. The highest BCUT2D eigenvalue weighted by atomic mass is 15.2. The lowest BCUT2D eigenvalue weighted by Gasteiger charge is -2.24. The van der Waals surface area contributed by atoms with Gasteiger partial charge in [0.25, 0.3) is 0 Å². The Morgan fingerprint density at radius 3 is 2.87 bits per heavy atom. The summed E-state index contributed by atoms with van der Waals surface area (Å²) in [4.78, 5) is 10.8. The molecule has 0 amide bonds. The predicted molar refractivity (Wildman–Crippen MR) is 90.8 cm³/mol. The van der Waals surface area contributed by atoms with E-state index in [0.717, 1.165) is 16.6 Å². The molecule has 0 aliphatic carbocycles. The quantitative estimate of drug-likeness (QED) is 0.777. The second-order valence-corrected chi connectivity index (χ2v) is 6.10. The minimum absolute atomic E-state index is 0.417. The lowest BCUT2D eigenvalue weighted by atomic mass is 10.0. The van der Waals surface area contributed by atoms with Crippen LogP contribution in [0.1, 0.15) is 31.4 Å². The number of fused-ring (bicyclic) bond motifs is 1. The lowest BCUT2D eigenvalue weighted by Crippen LogP contribution is -2.23. The van der Waals surface area contributed by atoms with Crippen molar-refractivity contribution in [3.63, 3.8) is 0 Å². The molecule has 1 aromatic carbocycles. The molecule has 1 atom stereocenters. The number of benzene rings is 1. The molecular formula is C17H20N6. The first-order chi connectivity index (χ1) is 11.2. The molecular weight excluding hydrogens is 288 g/mol. The Hall–Kier alpha value is -2.47. The van der Waals surface area contributed by atoms with Gasteiger partial charge in [0.15, 0.2) is 5.65 Å². The number of hydrogen-bond acceptors (Lipinski definition) is 5. The monoisotopic (exact) mass is 308 g/mol. The van der Waals surface area contributed by atoms with E-state index in [1.54, 1.807) is 0 Å². The predicted octanol–water partition coefficient (Wildman–Crippen LogP) is 2.76. The van der Waals surface area contributed by atoms with Crippen molar-refractivity contribution in [2.24, 2.45) is 0 Å². The number of aromatic amines is 1. The molecule has 2 aromatic heterocycles. The SMILES string of the molecule is CC(c1cccc(-c2[nH]nc3ncnc(N)c23)c1)N1CCCC1. The normalized spacial score (nSPS) is 16.9. The Morgan fingerprint density at radius 2 is 2.04 bits per heavy atom. The van der Waals surface area contributed by atoms with Gasteiger partial charge in [-0.2, -0.15) is 5.10 Å².